The number of hydrogen-bond donors (Lipinski definition) is 3. The van der Waals surface area contributed by atoms with E-state index in [9.17, 15) is 9.59 Å². The van der Waals surface area contributed by atoms with Gasteiger partial charge in [-0.1, -0.05) is 42.5 Å². The fourth-order valence-corrected chi connectivity index (χ4v) is 6.94. The van der Waals surface area contributed by atoms with Crippen LogP contribution in [0.5, 0.6) is 0 Å². The first kappa shape index (κ1) is 22.8. The summed E-state index contributed by atoms with van der Waals surface area (Å²) in [5.74, 6) is 2.07. The Morgan fingerprint density at radius 1 is 0.889 bits per heavy atom. The van der Waals surface area contributed by atoms with Crippen molar-refractivity contribution in [3.63, 3.8) is 0 Å². The summed E-state index contributed by atoms with van der Waals surface area (Å²) in [7, 11) is 0. The minimum atomic E-state index is -0.188. The molecule has 0 radical (unpaired) electrons. The second kappa shape index (κ2) is 9.12. The van der Waals surface area contributed by atoms with Crippen molar-refractivity contribution in [2.24, 2.45) is 17.8 Å². The molecule has 3 N–H and O–H groups in total. The summed E-state index contributed by atoms with van der Waals surface area (Å²) in [6.45, 7) is 3.84. The normalized spacial score (nSPS) is 25.6. The highest BCUT2D eigenvalue weighted by Crippen LogP contribution is 2.63. The number of benzene rings is 3. The summed E-state index contributed by atoms with van der Waals surface area (Å²) >= 11 is 0. The molecule has 5 atom stereocenters. The number of rotatable bonds is 5. The largest absolute Gasteiger partial charge is 0.378 e. The first-order chi connectivity index (χ1) is 17.5. The number of hydrogen-bond acceptors (Lipinski definition) is 3. The number of para-hydroxylation sites is 1. The molecule has 2 bridgehead atoms. The van der Waals surface area contributed by atoms with Crippen LogP contribution in [-0.4, -0.2) is 17.9 Å². The van der Waals surface area contributed by atoms with E-state index in [1.165, 1.54) is 30.4 Å². The summed E-state index contributed by atoms with van der Waals surface area (Å²) in [5, 5.41) is 9.75. The van der Waals surface area contributed by atoms with Gasteiger partial charge >= 0.3 is 0 Å². The fourth-order valence-electron chi connectivity index (χ4n) is 6.94. The van der Waals surface area contributed by atoms with E-state index in [1.54, 1.807) is 12.1 Å². The molecule has 0 spiro atoms. The van der Waals surface area contributed by atoms with Crippen LogP contribution in [-0.2, 0) is 0 Å². The fraction of sp³-hybridized carbons (Fsp3) is 0.355. The van der Waals surface area contributed by atoms with Crippen LogP contribution in [0.3, 0.4) is 0 Å². The second-order valence-electron chi connectivity index (χ2n) is 10.9. The predicted octanol–water partition coefficient (Wildman–Crippen LogP) is 6.37. The summed E-state index contributed by atoms with van der Waals surface area (Å²) in [6, 6.07) is 24.4. The van der Waals surface area contributed by atoms with Gasteiger partial charge in [-0.3, -0.25) is 9.59 Å². The lowest BCUT2D eigenvalue weighted by Gasteiger charge is -2.43. The molecule has 36 heavy (non-hydrogen) atoms. The van der Waals surface area contributed by atoms with Crippen molar-refractivity contribution in [1.82, 2.24) is 5.32 Å². The Morgan fingerprint density at radius 2 is 1.64 bits per heavy atom. The molecule has 0 unspecified atom stereocenters. The molecule has 5 nitrogen and oxygen atoms in total. The highest BCUT2D eigenvalue weighted by molar-refractivity contribution is 6.09. The van der Waals surface area contributed by atoms with Gasteiger partial charge < -0.3 is 16.0 Å². The molecule has 1 heterocycles. The van der Waals surface area contributed by atoms with Crippen molar-refractivity contribution in [2.45, 2.75) is 51.1 Å². The van der Waals surface area contributed by atoms with Gasteiger partial charge in [0.1, 0.15) is 0 Å². The summed E-state index contributed by atoms with van der Waals surface area (Å²) in [5.41, 5.74) is 5.40. The minimum absolute atomic E-state index is 0.0174. The monoisotopic (exact) mass is 479 g/mol. The van der Waals surface area contributed by atoms with Crippen LogP contribution < -0.4 is 16.0 Å². The molecule has 2 fully saturated rings. The van der Waals surface area contributed by atoms with Gasteiger partial charge in [-0.05, 0) is 98.2 Å². The van der Waals surface area contributed by atoms with Gasteiger partial charge in [-0.2, -0.15) is 0 Å². The van der Waals surface area contributed by atoms with Crippen molar-refractivity contribution < 1.29 is 9.59 Å². The molecule has 0 aromatic heterocycles. The first-order valence-corrected chi connectivity index (χ1v) is 13.2. The molecule has 6 rings (SSSR count). The number of nitrogens with one attached hydrogen (secondary N) is 3. The van der Waals surface area contributed by atoms with Gasteiger partial charge in [0.25, 0.3) is 11.8 Å². The van der Waals surface area contributed by atoms with Crippen LogP contribution in [0.2, 0.25) is 0 Å². The summed E-state index contributed by atoms with van der Waals surface area (Å²) in [6.07, 6.45) is 3.87. The van der Waals surface area contributed by atoms with Crippen molar-refractivity contribution >= 4 is 23.2 Å². The third kappa shape index (κ3) is 3.97. The van der Waals surface area contributed by atoms with E-state index >= 15 is 0 Å². The molecule has 2 saturated carbocycles. The molecule has 3 aliphatic rings. The lowest BCUT2D eigenvalue weighted by Crippen LogP contribution is -2.35. The van der Waals surface area contributed by atoms with E-state index in [2.05, 4.69) is 58.4 Å². The Morgan fingerprint density at radius 3 is 2.44 bits per heavy atom. The van der Waals surface area contributed by atoms with E-state index in [4.69, 9.17) is 0 Å². The lowest BCUT2D eigenvalue weighted by molar-refractivity contribution is 0.0944. The molecule has 5 heteroatoms. The molecule has 0 saturated heterocycles. The highest BCUT2D eigenvalue weighted by atomic mass is 16.2. The summed E-state index contributed by atoms with van der Waals surface area (Å²) in [4.78, 5) is 26.0. The first-order valence-electron chi connectivity index (χ1n) is 13.2. The third-order valence-electron chi connectivity index (χ3n) is 8.35. The van der Waals surface area contributed by atoms with Gasteiger partial charge in [-0.15, -0.1) is 0 Å². The van der Waals surface area contributed by atoms with Crippen LogP contribution in [0, 0.1) is 17.8 Å². The van der Waals surface area contributed by atoms with Crippen LogP contribution in [0.25, 0.3) is 0 Å². The summed E-state index contributed by atoms with van der Waals surface area (Å²) < 4.78 is 0. The van der Waals surface area contributed by atoms with Crippen molar-refractivity contribution in [3.8, 4) is 0 Å². The average Bonchev–Trinajstić information content (AvgIpc) is 3.51. The maximum absolute atomic E-state index is 13.4. The van der Waals surface area contributed by atoms with Crippen molar-refractivity contribution in [2.75, 3.05) is 10.6 Å². The number of carbonyl (C=O) groups is 2. The Labute approximate surface area is 212 Å². The average molecular weight is 480 g/mol. The van der Waals surface area contributed by atoms with Gasteiger partial charge in [-0.25, -0.2) is 0 Å². The Kier molecular flexibility index (Phi) is 5.79. The smallest absolute Gasteiger partial charge is 0.255 e. The van der Waals surface area contributed by atoms with E-state index in [-0.39, 0.29) is 17.9 Å². The van der Waals surface area contributed by atoms with E-state index < -0.39 is 0 Å². The van der Waals surface area contributed by atoms with Crippen molar-refractivity contribution in [3.05, 3.63) is 95.1 Å². The number of fused-ring (bicyclic) bond motifs is 7. The maximum atomic E-state index is 13.4. The minimum Gasteiger partial charge on any atom is -0.378 e. The topological polar surface area (TPSA) is 70.2 Å². The zero-order valence-electron chi connectivity index (χ0n) is 20.8. The SMILES string of the molecule is CC(C)NC(=O)c1ccccc1NC(=O)c1ccc2c(c1)[C@@H]1[C@H]3CC[C@@H](C3)[C@H]1[C@@H](c1ccccc1)N2. The third-order valence-corrected chi connectivity index (χ3v) is 8.35. The molecule has 2 aliphatic carbocycles. The number of amides is 2. The standard InChI is InChI=1S/C31H33N3O2/c1-18(2)32-31(36)23-10-6-7-11-25(23)34-30(35)22-14-15-26-24(17-22)27-20-12-13-21(16-20)28(27)29(33-26)19-8-4-3-5-9-19/h3-11,14-15,17-18,20-21,27-29,33H,12-13,16H2,1-2H3,(H,32,36)(H,34,35)/t20-,21-,27-,28+,29+/m0/s1. The molecule has 2 amide bonds. The molecular formula is C31H33N3O2. The van der Waals surface area contributed by atoms with Gasteiger partial charge in [0, 0.05) is 17.3 Å². The Hall–Kier alpha value is -3.60. The van der Waals surface area contributed by atoms with Crippen LogP contribution in [0.4, 0.5) is 11.4 Å². The highest BCUT2D eigenvalue weighted by Gasteiger charge is 2.53. The van der Waals surface area contributed by atoms with Crippen LogP contribution in [0.15, 0.2) is 72.8 Å². The predicted molar refractivity (Wildman–Crippen MR) is 143 cm³/mol. The van der Waals surface area contributed by atoms with Crippen molar-refractivity contribution in [1.29, 1.82) is 0 Å². The number of carbonyl (C=O) groups excluding carboxylic acids is 2. The van der Waals surface area contributed by atoms with Crippen LogP contribution in [0.1, 0.15) is 76.9 Å². The molecule has 3 aromatic rings. The molecule has 3 aromatic carbocycles. The number of anilines is 2. The Bertz CT molecular complexity index is 1300. The van der Waals surface area contributed by atoms with Gasteiger partial charge in [0.2, 0.25) is 0 Å². The quantitative estimate of drug-likeness (QED) is 0.398. The molecular weight excluding hydrogens is 446 g/mol. The van der Waals surface area contributed by atoms with Gasteiger partial charge in [0.15, 0.2) is 0 Å². The maximum Gasteiger partial charge on any atom is 0.255 e. The Balaban J connectivity index is 1.30. The van der Waals surface area contributed by atoms with Gasteiger partial charge in [0.05, 0.1) is 17.3 Å². The van der Waals surface area contributed by atoms with Crippen LogP contribution >= 0.6 is 0 Å². The lowest BCUT2D eigenvalue weighted by atomic mass is 9.68. The molecule has 184 valence electrons. The second-order valence-corrected chi connectivity index (χ2v) is 10.9. The van der Waals surface area contributed by atoms with E-state index in [0.717, 1.165) is 11.6 Å². The van der Waals surface area contributed by atoms with E-state index in [1.807, 2.05) is 32.0 Å². The zero-order chi connectivity index (χ0) is 24.8. The molecule has 1 aliphatic heterocycles. The zero-order valence-corrected chi connectivity index (χ0v) is 20.8. The van der Waals surface area contributed by atoms with E-state index in [0.29, 0.717) is 40.6 Å².